The van der Waals surface area contributed by atoms with Gasteiger partial charge < -0.3 is 5.32 Å². The van der Waals surface area contributed by atoms with Gasteiger partial charge in [-0.3, -0.25) is 0 Å². The van der Waals surface area contributed by atoms with Gasteiger partial charge in [-0.25, -0.2) is 0 Å². The molecule has 2 aromatic carbocycles. The largest absolute Gasteiger partial charge is 0.377 e. The summed E-state index contributed by atoms with van der Waals surface area (Å²) >= 11 is 11.9. The highest BCUT2D eigenvalue weighted by Crippen LogP contribution is 2.29. The van der Waals surface area contributed by atoms with Gasteiger partial charge in [0.2, 0.25) is 0 Å². The first-order valence-corrected chi connectivity index (χ1v) is 7.78. The fraction of sp³-hybridized carbons (Fsp3) is 0.143. The molecule has 0 aromatic heterocycles. The highest BCUT2D eigenvalue weighted by Gasteiger charge is 2.08. The molecule has 0 fully saturated rings. The van der Waals surface area contributed by atoms with Crippen LogP contribution in [0, 0.1) is 3.57 Å². The molecule has 0 aliphatic carbocycles. The highest BCUT2D eigenvalue weighted by molar-refractivity contribution is 14.1. The zero-order chi connectivity index (χ0) is 13.1. The molecular weight excluding hydrogens is 424 g/mol. The smallest absolute Gasteiger partial charge is 0.0638 e. The van der Waals surface area contributed by atoms with Crippen LogP contribution in [0.3, 0.4) is 0 Å². The number of anilines is 1. The van der Waals surface area contributed by atoms with Gasteiger partial charge in [0.25, 0.3) is 0 Å². The summed E-state index contributed by atoms with van der Waals surface area (Å²) in [6.07, 6.45) is 0. The van der Waals surface area contributed by atoms with Crippen molar-refractivity contribution < 1.29 is 0 Å². The minimum absolute atomic E-state index is 0.216. The average molecular weight is 437 g/mol. The summed E-state index contributed by atoms with van der Waals surface area (Å²) in [4.78, 5) is 0. The molecule has 0 heterocycles. The van der Waals surface area contributed by atoms with E-state index < -0.39 is 0 Å². The first kappa shape index (κ1) is 14.2. The number of hydrogen-bond acceptors (Lipinski definition) is 1. The predicted molar refractivity (Wildman–Crippen MR) is 90.3 cm³/mol. The monoisotopic (exact) mass is 435 g/mol. The van der Waals surface area contributed by atoms with Gasteiger partial charge >= 0.3 is 0 Å². The van der Waals surface area contributed by atoms with Crippen molar-refractivity contribution in [3.8, 4) is 0 Å². The molecule has 0 amide bonds. The molecule has 0 saturated carbocycles. The minimum atomic E-state index is 0.216. The normalized spacial score (nSPS) is 12.2. The molecule has 0 aliphatic rings. The summed E-state index contributed by atoms with van der Waals surface area (Å²) in [6, 6.07) is 14.5. The van der Waals surface area contributed by atoms with E-state index in [1.54, 1.807) is 0 Å². The number of halogens is 3. The van der Waals surface area contributed by atoms with Gasteiger partial charge in [0.15, 0.2) is 0 Å². The molecule has 0 spiro atoms. The Labute approximate surface area is 134 Å². The van der Waals surface area contributed by atoms with Crippen LogP contribution >= 0.6 is 50.1 Å². The fourth-order valence-electron chi connectivity index (χ4n) is 1.68. The third-order valence-electron chi connectivity index (χ3n) is 2.67. The van der Waals surface area contributed by atoms with Crippen molar-refractivity contribution in [3.05, 3.63) is 61.1 Å². The van der Waals surface area contributed by atoms with E-state index in [4.69, 9.17) is 11.6 Å². The van der Waals surface area contributed by atoms with Gasteiger partial charge in [0.1, 0.15) is 0 Å². The van der Waals surface area contributed by atoms with E-state index in [1.807, 2.05) is 18.2 Å². The van der Waals surface area contributed by atoms with Crippen molar-refractivity contribution in [2.75, 3.05) is 5.32 Å². The lowest BCUT2D eigenvalue weighted by molar-refractivity contribution is 0.884. The summed E-state index contributed by atoms with van der Waals surface area (Å²) in [5, 5.41) is 4.15. The van der Waals surface area contributed by atoms with Crippen molar-refractivity contribution in [2.45, 2.75) is 13.0 Å². The maximum Gasteiger partial charge on any atom is 0.0638 e. The van der Waals surface area contributed by atoms with Gasteiger partial charge in [0.05, 0.1) is 10.7 Å². The summed E-state index contributed by atoms with van der Waals surface area (Å²) in [7, 11) is 0. The lowest BCUT2D eigenvalue weighted by Gasteiger charge is -2.17. The lowest BCUT2D eigenvalue weighted by atomic mass is 10.1. The first-order chi connectivity index (χ1) is 8.56. The second-order valence-electron chi connectivity index (χ2n) is 4.04. The Kier molecular flexibility index (Phi) is 4.92. The van der Waals surface area contributed by atoms with E-state index in [-0.39, 0.29) is 6.04 Å². The predicted octanol–water partition coefficient (Wildman–Crippen LogP) is 5.88. The Morgan fingerprint density at radius 1 is 1.17 bits per heavy atom. The molecule has 0 aliphatic heterocycles. The van der Waals surface area contributed by atoms with Crippen LogP contribution in [-0.2, 0) is 0 Å². The van der Waals surface area contributed by atoms with Crippen molar-refractivity contribution >= 4 is 55.8 Å². The molecule has 1 atom stereocenters. The summed E-state index contributed by atoms with van der Waals surface area (Å²) in [5.74, 6) is 0. The quantitative estimate of drug-likeness (QED) is 0.593. The lowest BCUT2D eigenvalue weighted by Crippen LogP contribution is -2.06. The number of benzene rings is 2. The van der Waals surface area contributed by atoms with Crippen molar-refractivity contribution in [2.24, 2.45) is 0 Å². The molecule has 4 heteroatoms. The number of rotatable bonds is 3. The topological polar surface area (TPSA) is 12.0 Å². The van der Waals surface area contributed by atoms with E-state index in [0.29, 0.717) is 0 Å². The van der Waals surface area contributed by atoms with E-state index >= 15 is 0 Å². The maximum absolute atomic E-state index is 6.17. The van der Waals surface area contributed by atoms with Crippen LogP contribution in [0.1, 0.15) is 18.5 Å². The number of nitrogens with one attached hydrogen (secondary N) is 1. The second kappa shape index (κ2) is 6.26. The Morgan fingerprint density at radius 3 is 2.50 bits per heavy atom. The molecule has 0 radical (unpaired) electrons. The SMILES string of the molecule is CC(Nc1cc(Br)ccc1Cl)c1ccc(I)cc1. The van der Waals surface area contributed by atoms with Crippen LogP contribution < -0.4 is 5.32 Å². The average Bonchev–Trinajstić information content (AvgIpc) is 2.34. The van der Waals surface area contributed by atoms with Crippen LogP contribution in [-0.4, -0.2) is 0 Å². The molecule has 2 aromatic rings. The minimum Gasteiger partial charge on any atom is -0.377 e. The summed E-state index contributed by atoms with van der Waals surface area (Å²) in [6.45, 7) is 2.12. The molecule has 2 rings (SSSR count). The molecule has 1 nitrogen and oxygen atoms in total. The molecular formula is C14H12BrClIN. The van der Waals surface area contributed by atoms with Crippen LogP contribution in [0.25, 0.3) is 0 Å². The Hall–Kier alpha value is -0.260. The van der Waals surface area contributed by atoms with Crippen molar-refractivity contribution in [1.82, 2.24) is 0 Å². The molecule has 1 N–H and O–H groups in total. The Balaban J connectivity index is 2.18. The first-order valence-electron chi connectivity index (χ1n) is 5.53. The van der Waals surface area contributed by atoms with Gasteiger partial charge in [-0.1, -0.05) is 39.7 Å². The van der Waals surface area contributed by atoms with Crippen LogP contribution in [0.5, 0.6) is 0 Å². The molecule has 0 saturated heterocycles. The van der Waals surface area contributed by atoms with Crippen molar-refractivity contribution in [3.63, 3.8) is 0 Å². The maximum atomic E-state index is 6.17. The standard InChI is InChI=1S/C14H12BrClIN/c1-9(10-2-5-12(17)6-3-10)18-14-8-11(15)4-7-13(14)16/h2-9,18H,1H3. The molecule has 18 heavy (non-hydrogen) atoms. The van der Waals surface area contributed by atoms with E-state index in [1.165, 1.54) is 9.13 Å². The molecule has 0 bridgehead atoms. The Morgan fingerprint density at radius 2 is 1.83 bits per heavy atom. The molecule has 1 unspecified atom stereocenters. The van der Waals surface area contributed by atoms with Crippen LogP contribution in [0.2, 0.25) is 5.02 Å². The van der Waals surface area contributed by atoms with Crippen LogP contribution in [0.4, 0.5) is 5.69 Å². The fourth-order valence-corrected chi connectivity index (χ4v) is 2.57. The van der Waals surface area contributed by atoms with Gasteiger partial charge in [0, 0.05) is 14.1 Å². The summed E-state index contributed by atoms with van der Waals surface area (Å²) in [5.41, 5.74) is 2.18. The van der Waals surface area contributed by atoms with Gasteiger partial charge in [-0.15, -0.1) is 0 Å². The van der Waals surface area contributed by atoms with Gasteiger partial charge in [-0.05, 0) is 65.4 Å². The third kappa shape index (κ3) is 3.62. The molecule has 94 valence electrons. The van der Waals surface area contributed by atoms with Gasteiger partial charge in [-0.2, -0.15) is 0 Å². The zero-order valence-electron chi connectivity index (χ0n) is 9.75. The Bertz CT molecular complexity index is 542. The third-order valence-corrected chi connectivity index (χ3v) is 4.21. The number of hydrogen-bond donors (Lipinski definition) is 1. The summed E-state index contributed by atoms with van der Waals surface area (Å²) < 4.78 is 2.26. The van der Waals surface area contributed by atoms with E-state index in [0.717, 1.165) is 15.2 Å². The van der Waals surface area contributed by atoms with E-state index in [2.05, 4.69) is 75.0 Å². The van der Waals surface area contributed by atoms with Crippen LogP contribution in [0.15, 0.2) is 46.9 Å². The zero-order valence-corrected chi connectivity index (χ0v) is 14.3. The van der Waals surface area contributed by atoms with E-state index in [9.17, 15) is 0 Å². The highest BCUT2D eigenvalue weighted by atomic mass is 127. The van der Waals surface area contributed by atoms with Crippen molar-refractivity contribution in [1.29, 1.82) is 0 Å². The second-order valence-corrected chi connectivity index (χ2v) is 6.61.